The quantitative estimate of drug-likeness (QED) is 0.855. The molecule has 0 aliphatic carbocycles. The third-order valence-corrected chi connectivity index (χ3v) is 4.17. The molecule has 1 heterocycles. The zero-order chi connectivity index (χ0) is 15.5. The number of anilines is 1. The molecule has 0 spiro atoms. The Morgan fingerprint density at radius 3 is 2.27 bits per heavy atom. The predicted octanol–water partition coefficient (Wildman–Crippen LogP) is 3.60. The Balaban J connectivity index is 1.60. The van der Waals surface area contributed by atoms with Crippen molar-refractivity contribution in [2.75, 3.05) is 31.1 Å². The fraction of sp³-hybridized carbons (Fsp3) is 0.333. The van der Waals surface area contributed by atoms with Crippen LogP contribution < -0.4 is 4.90 Å². The van der Waals surface area contributed by atoms with Gasteiger partial charge in [0.2, 0.25) is 0 Å². The van der Waals surface area contributed by atoms with Crippen molar-refractivity contribution in [2.24, 2.45) is 0 Å². The van der Waals surface area contributed by atoms with Gasteiger partial charge in [0.15, 0.2) is 0 Å². The molecule has 2 aromatic rings. The summed E-state index contributed by atoms with van der Waals surface area (Å²) < 4.78 is 26.9. The molecule has 2 aromatic carbocycles. The van der Waals surface area contributed by atoms with Crippen molar-refractivity contribution in [1.29, 1.82) is 0 Å². The molecule has 0 atom stereocenters. The molecule has 1 aliphatic heterocycles. The third kappa shape index (κ3) is 3.45. The third-order valence-electron chi connectivity index (χ3n) is 4.17. The number of aryl methyl sites for hydroxylation is 1. The summed E-state index contributed by atoms with van der Waals surface area (Å²) in [5.74, 6) is -0.711. The molecular formula is C18H20F2N2. The summed E-state index contributed by atoms with van der Waals surface area (Å²) in [5.41, 5.74) is 2.91. The van der Waals surface area contributed by atoms with E-state index in [1.54, 1.807) is 0 Å². The molecule has 4 heteroatoms. The van der Waals surface area contributed by atoms with Gasteiger partial charge in [-0.3, -0.25) is 4.90 Å². The smallest absolute Gasteiger partial charge is 0.127 e. The Morgan fingerprint density at radius 2 is 1.59 bits per heavy atom. The molecule has 0 bridgehead atoms. The van der Waals surface area contributed by atoms with Gasteiger partial charge < -0.3 is 4.90 Å². The van der Waals surface area contributed by atoms with Crippen molar-refractivity contribution >= 4 is 5.69 Å². The lowest BCUT2D eigenvalue weighted by Crippen LogP contribution is -2.46. The zero-order valence-corrected chi connectivity index (χ0v) is 12.7. The average Bonchev–Trinajstić information content (AvgIpc) is 2.53. The molecule has 0 N–H and O–H groups in total. The Labute approximate surface area is 130 Å². The SMILES string of the molecule is Cc1ccc(N2CCN(Cc3cc(F)ccc3F)CC2)cc1. The second-order valence-electron chi connectivity index (χ2n) is 5.83. The fourth-order valence-electron chi connectivity index (χ4n) is 2.83. The zero-order valence-electron chi connectivity index (χ0n) is 12.7. The molecule has 0 amide bonds. The van der Waals surface area contributed by atoms with Crippen LogP contribution in [0, 0.1) is 18.6 Å². The van der Waals surface area contributed by atoms with E-state index in [1.165, 1.54) is 23.4 Å². The summed E-state index contributed by atoms with van der Waals surface area (Å²) in [4.78, 5) is 4.50. The first-order valence-electron chi connectivity index (χ1n) is 7.60. The second kappa shape index (κ2) is 6.44. The van der Waals surface area contributed by atoms with E-state index in [-0.39, 0.29) is 11.6 Å². The lowest BCUT2D eigenvalue weighted by Gasteiger charge is -2.36. The van der Waals surface area contributed by atoms with Gasteiger partial charge >= 0.3 is 0 Å². The van der Waals surface area contributed by atoms with E-state index in [2.05, 4.69) is 41.0 Å². The maximum Gasteiger partial charge on any atom is 0.127 e. The van der Waals surface area contributed by atoms with Crippen LogP contribution in [-0.4, -0.2) is 31.1 Å². The lowest BCUT2D eigenvalue weighted by atomic mass is 10.1. The predicted molar refractivity (Wildman–Crippen MR) is 85.0 cm³/mol. The summed E-state index contributed by atoms with van der Waals surface area (Å²) in [6, 6.07) is 12.2. The van der Waals surface area contributed by atoms with E-state index < -0.39 is 0 Å². The van der Waals surface area contributed by atoms with Crippen molar-refractivity contribution in [2.45, 2.75) is 13.5 Å². The number of piperazine rings is 1. The van der Waals surface area contributed by atoms with Crippen LogP contribution in [0.2, 0.25) is 0 Å². The number of rotatable bonds is 3. The van der Waals surface area contributed by atoms with Crippen LogP contribution >= 0.6 is 0 Å². The molecule has 0 radical (unpaired) electrons. The highest BCUT2D eigenvalue weighted by molar-refractivity contribution is 5.47. The number of halogens is 2. The van der Waals surface area contributed by atoms with Gasteiger partial charge in [0.25, 0.3) is 0 Å². The van der Waals surface area contributed by atoms with E-state index in [4.69, 9.17) is 0 Å². The minimum atomic E-state index is -0.380. The van der Waals surface area contributed by atoms with Gasteiger partial charge in [-0.15, -0.1) is 0 Å². The van der Waals surface area contributed by atoms with Crippen molar-refractivity contribution in [3.8, 4) is 0 Å². The lowest BCUT2D eigenvalue weighted by molar-refractivity contribution is 0.246. The van der Waals surface area contributed by atoms with Crippen LogP contribution in [0.1, 0.15) is 11.1 Å². The second-order valence-corrected chi connectivity index (χ2v) is 5.83. The fourth-order valence-corrected chi connectivity index (χ4v) is 2.83. The summed E-state index contributed by atoms with van der Waals surface area (Å²) in [6.45, 7) is 6.05. The summed E-state index contributed by atoms with van der Waals surface area (Å²) >= 11 is 0. The molecule has 0 unspecified atom stereocenters. The molecule has 1 saturated heterocycles. The molecule has 0 aromatic heterocycles. The Bertz CT molecular complexity index is 632. The van der Waals surface area contributed by atoms with Crippen molar-refractivity contribution in [3.05, 3.63) is 65.2 Å². The Hall–Kier alpha value is -1.94. The van der Waals surface area contributed by atoms with Gasteiger partial charge in [0.05, 0.1) is 0 Å². The van der Waals surface area contributed by atoms with Gasteiger partial charge in [-0.25, -0.2) is 8.78 Å². The largest absolute Gasteiger partial charge is 0.369 e. The number of nitrogens with zero attached hydrogens (tertiary/aromatic N) is 2. The number of benzene rings is 2. The van der Waals surface area contributed by atoms with Gasteiger partial charge in [-0.2, -0.15) is 0 Å². The van der Waals surface area contributed by atoms with Crippen LogP contribution in [-0.2, 0) is 6.54 Å². The molecule has 3 rings (SSSR count). The highest BCUT2D eigenvalue weighted by Gasteiger charge is 2.18. The monoisotopic (exact) mass is 302 g/mol. The van der Waals surface area contributed by atoms with E-state index >= 15 is 0 Å². The van der Waals surface area contributed by atoms with Crippen LogP contribution in [0.15, 0.2) is 42.5 Å². The minimum Gasteiger partial charge on any atom is -0.369 e. The first kappa shape index (κ1) is 15.0. The van der Waals surface area contributed by atoms with Gasteiger partial charge in [-0.05, 0) is 37.3 Å². The van der Waals surface area contributed by atoms with Crippen LogP contribution in [0.5, 0.6) is 0 Å². The Morgan fingerprint density at radius 1 is 0.909 bits per heavy atom. The number of hydrogen-bond donors (Lipinski definition) is 0. The molecular weight excluding hydrogens is 282 g/mol. The van der Waals surface area contributed by atoms with Gasteiger partial charge in [0, 0.05) is 44.0 Å². The van der Waals surface area contributed by atoms with E-state index in [0.717, 1.165) is 32.2 Å². The summed E-state index contributed by atoms with van der Waals surface area (Å²) in [6.07, 6.45) is 0. The van der Waals surface area contributed by atoms with Crippen LogP contribution in [0.25, 0.3) is 0 Å². The topological polar surface area (TPSA) is 6.48 Å². The number of hydrogen-bond acceptors (Lipinski definition) is 2. The highest BCUT2D eigenvalue weighted by atomic mass is 19.1. The molecule has 22 heavy (non-hydrogen) atoms. The molecule has 1 aliphatic rings. The van der Waals surface area contributed by atoms with E-state index in [0.29, 0.717) is 12.1 Å². The molecule has 0 saturated carbocycles. The van der Waals surface area contributed by atoms with Crippen LogP contribution in [0.3, 0.4) is 0 Å². The van der Waals surface area contributed by atoms with Crippen molar-refractivity contribution < 1.29 is 8.78 Å². The normalized spacial score (nSPS) is 16.0. The van der Waals surface area contributed by atoms with Crippen molar-refractivity contribution in [1.82, 2.24) is 4.90 Å². The first-order valence-corrected chi connectivity index (χ1v) is 7.60. The Kier molecular flexibility index (Phi) is 4.39. The van der Waals surface area contributed by atoms with E-state index in [9.17, 15) is 8.78 Å². The van der Waals surface area contributed by atoms with E-state index in [1.807, 2.05) is 0 Å². The molecule has 1 fully saturated rings. The first-order chi connectivity index (χ1) is 10.6. The summed E-state index contributed by atoms with van der Waals surface area (Å²) in [7, 11) is 0. The summed E-state index contributed by atoms with van der Waals surface area (Å²) in [5, 5.41) is 0. The average molecular weight is 302 g/mol. The van der Waals surface area contributed by atoms with Gasteiger partial charge in [0.1, 0.15) is 11.6 Å². The maximum absolute atomic E-state index is 13.7. The van der Waals surface area contributed by atoms with Crippen molar-refractivity contribution in [3.63, 3.8) is 0 Å². The molecule has 116 valence electrons. The standard InChI is InChI=1S/C18H20F2N2/c1-14-2-5-17(6-3-14)22-10-8-21(9-11-22)13-15-12-16(19)4-7-18(15)20/h2-7,12H,8-11,13H2,1H3. The van der Waals surface area contributed by atoms with Crippen LogP contribution in [0.4, 0.5) is 14.5 Å². The minimum absolute atomic E-state index is 0.331. The highest BCUT2D eigenvalue weighted by Crippen LogP contribution is 2.19. The van der Waals surface area contributed by atoms with Gasteiger partial charge in [-0.1, -0.05) is 17.7 Å². The maximum atomic E-state index is 13.7. The molecule has 2 nitrogen and oxygen atoms in total.